The van der Waals surface area contributed by atoms with Gasteiger partial charge in [0.15, 0.2) is 0 Å². The number of H-pyrrole nitrogens is 1. The van der Waals surface area contributed by atoms with E-state index >= 15 is 0 Å². The first kappa shape index (κ1) is 17.7. The molecule has 2 saturated carbocycles. The number of nitrogens with one attached hydrogen (secondary N) is 2. The number of hydrogen-bond acceptors (Lipinski definition) is 3. The summed E-state index contributed by atoms with van der Waals surface area (Å²) in [6.45, 7) is 0. The van der Waals surface area contributed by atoms with Crippen LogP contribution < -0.4 is 10.1 Å². The van der Waals surface area contributed by atoms with Crippen molar-refractivity contribution in [2.45, 2.75) is 56.5 Å². The molecule has 0 aliphatic heterocycles. The number of carbonyl (C=O) groups is 1. The van der Waals surface area contributed by atoms with Crippen molar-refractivity contribution < 1.29 is 9.53 Å². The molecule has 1 atom stereocenters. The highest BCUT2D eigenvalue weighted by Gasteiger charge is 2.47. The molecular formula is C21H26N4O2. The maximum absolute atomic E-state index is 12.9. The van der Waals surface area contributed by atoms with Gasteiger partial charge in [-0.1, -0.05) is 25.3 Å². The second kappa shape index (κ2) is 7.15. The lowest BCUT2D eigenvalue weighted by Gasteiger charge is -2.34. The number of methoxy groups -OCH3 is 1. The van der Waals surface area contributed by atoms with Gasteiger partial charge in [0.2, 0.25) is 0 Å². The van der Waals surface area contributed by atoms with Crippen LogP contribution in [-0.4, -0.2) is 22.8 Å². The fourth-order valence-electron chi connectivity index (χ4n) is 4.08. The van der Waals surface area contributed by atoms with Crippen LogP contribution in [0.5, 0.6) is 5.75 Å². The molecule has 0 saturated heterocycles. The summed E-state index contributed by atoms with van der Waals surface area (Å²) in [4.78, 5) is 12.9. The van der Waals surface area contributed by atoms with Crippen LogP contribution in [0.15, 0.2) is 30.5 Å². The molecule has 0 spiro atoms. The van der Waals surface area contributed by atoms with Crippen molar-refractivity contribution in [3.63, 3.8) is 0 Å². The first-order valence-electron chi connectivity index (χ1n) is 9.79. The predicted molar refractivity (Wildman–Crippen MR) is 101 cm³/mol. The average Bonchev–Trinajstić information content (AvgIpc) is 3.47. The van der Waals surface area contributed by atoms with E-state index in [1.165, 1.54) is 19.3 Å². The first-order valence-corrected chi connectivity index (χ1v) is 9.79. The molecule has 27 heavy (non-hydrogen) atoms. The van der Waals surface area contributed by atoms with E-state index in [1.54, 1.807) is 19.2 Å². The molecule has 2 N–H and O–H groups in total. The van der Waals surface area contributed by atoms with Crippen LogP contribution in [0.1, 0.15) is 67.0 Å². The van der Waals surface area contributed by atoms with Gasteiger partial charge < -0.3 is 10.1 Å². The van der Waals surface area contributed by atoms with E-state index in [-0.39, 0.29) is 17.5 Å². The van der Waals surface area contributed by atoms with Crippen molar-refractivity contribution >= 4 is 5.91 Å². The summed E-state index contributed by atoms with van der Waals surface area (Å²) in [5, 5.41) is 15.9. The predicted octanol–water partition coefficient (Wildman–Crippen LogP) is 3.89. The Morgan fingerprint density at radius 3 is 2.74 bits per heavy atom. The number of aromatic amines is 1. The van der Waals surface area contributed by atoms with Gasteiger partial charge in [-0.25, -0.2) is 0 Å². The van der Waals surface area contributed by atoms with E-state index in [0.29, 0.717) is 17.2 Å². The molecule has 2 aliphatic carbocycles. The molecule has 6 nitrogen and oxygen atoms in total. The van der Waals surface area contributed by atoms with Gasteiger partial charge >= 0.3 is 0 Å². The summed E-state index contributed by atoms with van der Waals surface area (Å²) in [6.07, 6.45) is 9.71. The molecule has 0 bridgehead atoms. The number of amides is 1. The highest BCUT2D eigenvalue weighted by molar-refractivity contribution is 5.94. The van der Waals surface area contributed by atoms with Crippen LogP contribution in [0.2, 0.25) is 0 Å². The van der Waals surface area contributed by atoms with Gasteiger partial charge in [-0.15, -0.1) is 0 Å². The minimum atomic E-state index is -0.378. The van der Waals surface area contributed by atoms with Crippen LogP contribution >= 0.6 is 0 Å². The zero-order valence-corrected chi connectivity index (χ0v) is 15.7. The highest BCUT2D eigenvalue weighted by Crippen LogP contribution is 2.44. The molecular weight excluding hydrogens is 340 g/mol. The van der Waals surface area contributed by atoms with E-state index < -0.39 is 0 Å². The van der Waals surface area contributed by atoms with Gasteiger partial charge in [0.25, 0.3) is 5.91 Å². The Kier molecular flexibility index (Phi) is 4.69. The summed E-state index contributed by atoms with van der Waals surface area (Å²) in [5.41, 5.74) is 1.24. The standard InChI is InChI=1S/C21H26N4O2/c1-27-17-9-5-8-16(12-17)20(26)23-19(15-6-3-2-4-7-15)18-13-25(24-18)21(14-22)10-11-21/h5,8-9,12-13,15,19,24H,2-4,6-7,10-11H2,1H3,(H,23,26). The molecule has 1 aromatic carbocycles. The second-order valence-corrected chi connectivity index (χ2v) is 7.79. The van der Waals surface area contributed by atoms with E-state index in [0.717, 1.165) is 31.4 Å². The van der Waals surface area contributed by atoms with Crippen LogP contribution in [0.4, 0.5) is 0 Å². The Morgan fingerprint density at radius 2 is 2.11 bits per heavy atom. The fraction of sp³-hybridized carbons (Fsp3) is 0.524. The lowest BCUT2D eigenvalue weighted by atomic mass is 9.82. The van der Waals surface area contributed by atoms with E-state index in [4.69, 9.17) is 4.74 Å². The Balaban J connectivity index is 1.53. The zero-order valence-electron chi connectivity index (χ0n) is 15.7. The summed E-state index contributed by atoms with van der Waals surface area (Å²) < 4.78 is 7.15. The van der Waals surface area contributed by atoms with Gasteiger partial charge in [0.05, 0.1) is 24.9 Å². The summed E-state index contributed by atoms with van der Waals surface area (Å²) >= 11 is 0. The number of nitrogens with zero attached hydrogens (tertiary/aromatic N) is 2. The molecule has 2 aliphatic rings. The summed E-state index contributed by atoms with van der Waals surface area (Å²) in [5.74, 6) is 1.01. The largest absolute Gasteiger partial charge is 0.497 e. The van der Waals surface area contributed by atoms with Crippen LogP contribution in [0, 0.1) is 17.2 Å². The Bertz CT molecular complexity index is 838. The lowest BCUT2D eigenvalue weighted by molar-refractivity contribution is 0.0907. The molecule has 1 unspecified atom stereocenters. The molecule has 1 aromatic heterocycles. The van der Waals surface area contributed by atoms with Crippen molar-refractivity contribution in [2.24, 2.45) is 5.92 Å². The van der Waals surface area contributed by atoms with Gasteiger partial charge in [-0.3, -0.25) is 14.6 Å². The number of aromatic nitrogens is 2. The van der Waals surface area contributed by atoms with Crippen molar-refractivity contribution in [3.05, 3.63) is 41.7 Å². The topological polar surface area (TPSA) is 82.8 Å². The minimum absolute atomic E-state index is 0.0465. The third-order valence-corrected chi connectivity index (χ3v) is 5.99. The molecule has 1 heterocycles. The lowest BCUT2D eigenvalue weighted by Crippen LogP contribution is -2.38. The highest BCUT2D eigenvalue weighted by atomic mass is 16.5. The van der Waals surface area contributed by atoms with Crippen molar-refractivity contribution in [1.29, 1.82) is 5.26 Å². The normalized spacial score (nSPS) is 19.9. The molecule has 142 valence electrons. The molecule has 2 aromatic rings. The monoisotopic (exact) mass is 366 g/mol. The zero-order chi connectivity index (χ0) is 18.9. The van der Waals surface area contributed by atoms with E-state index in [1.807, 2.05) is 23.0 Å². The fourth-order valence-corrected chi connectivity index (χ4v) is 4.08. The quantitative estimate of drug-likeness (QED) is 0.813. The maximum Gasteiger partial charge on any atom is 0.251 e. The second-order valence-electron chi connectivity index (χ2n) is 7.79. The van der Waals surface area contributed by atoms with Crippen molar-refractivity contribution in [1.82, 2.24) is 15.1 Å². The van der Waals surface area contributed by atoms with Crippen molar-refractivity contribution in [2.75, 3.05) is 7.11 Å². The van der Waals surface area contributed by atoms with Crippen LogP contribution in [0.25, 0.3) is 0 Å². The van der Waals surface area contributed by atoms with E-state index in [2.05, 4.69) is 16.5 Å². The summed E-state index contributed by atoms with van der Waals surface area (Å²) in [6, 6.07) is 9.57. The number of nitriles is 1. The van der Waals surface area contributed by atoms with Gasteiger partial charge in [-0.05, 0) is 49.8 Å². The Labute approximate surface area is 159 Å². The number of rotatable bonds is 6. The molecule has 2 fully saturated rings. The molecule has 6 heteroatoms. The van der Waals surface area contributed by atoms with Gasteiger partial charge in [0, 0.05) is 11.8 Å². The summed E-state index contributed by atoms with van der Waals surface area (Å²) in [7, 11) is 1.60. The first-order chi connectivity index (χ1) is 13.1. The average molecular weight is 366 g/mol. The van der Waals surface area contributed by atoms with E-state index in [9.17, 15) is 10.1 Å². The van der Waals surface area contributed by atoms with Gasteiger partial charge in [-0.2, -0.15) is 5.26 Å². The number of carbonyl (C=O) groups excluding carboxylic acids is 1. The number of ether oxygens (including phenoxy) is 1. The molecule has 1 amide bonds. The molecule has 0 radical (unpaired) electrons. The SMILES string of the molecule is COc1cccc(C(=O)NC(c2cn(C3(C#N)CC3)[nH]2)C2CCCCC2)c1. The Hall–Kier alpha value is -2.68. The maximum atomic E-state index is 12.9. The molecule has 4 rings (SSSR count). The minimum Gasteiger partial charge on any atom is -0.497 e. The smallest absolute Gasteiger partial charge is 0.251 e. The third kappa shape index (κ3) is 3.46. The van der Waals surface area contributed by atoms with Crippen molar-refractivity contribution in [3.8, 4) is 11.8 Å². The van der Waals surface area contributed by atoms with Crippen LogP contribution in [0.3, 0.4) is 0 Å². The Morgan fingerprint density at radius 1 is 1.37 bits per heavy atom. The number of benzene rings is 1. The van der Waals surface area contributed by atoms with Crippen LogP contribution in [-0.2, 0) is 5.54 Å². The van der Waals surface area contributed by atoms with Gasteiger partial charge in [0.1, 0.15) is 11.3 Å². The third-order valence-electron chi connectivity index (χ3n) is 5.99. The number of hydrogen-bond donors (Lipinski definition) is 2.